The van der Waals surface area contributed by atoms with E-state index >= 15 is 0 Å². The number of anilines is 3. The van der Waals surface area contributed by atoms with Gasteiger partial charge in [0.15, 0.2) is 0 Å². The summed E-state index contributed by atoms with van der Waals surface area (Å²) in [5, 5.41) is 13.4. The number of carbonyl (C=O) groups excluding carboxylic acids is 1. The highest BCUT2D eigenvalue weighted by Gasteiger charge is 2.42. The maximum absolute atomic E-state index is 13.1. The Kier molecular flexibility index (Phi) is 5.92. The molecule has 2 aliphatic carbocycles. The second kappa shape index (κ2) is 9.25. The van der Waals surface area contributed by atoms with Crippen LogP contribution in [0, 0.1) is 17.2 Å². The fourth-order valence-electron chi connectivity index (χ4n) is 5.34. The fraction of sp³-hybridized carbons (Fsp3) is 0.556. The van der Waals surface area contributed by atoms with Gasteiger partial charge in [-0.1, -0.05) is 0 Å². The molecule has 0 bridgehead atoms. The standard InChI is InChI=1S/C27H32N6O3/c1-31-8-6-20(13-24(31)34)29-22-12-19(15-28)27(30-26(22)18-4-5-18)32-9-10-33(23(16-32)17-2-3-17)25(35)14-21-7-11-36-21/h6,8,12-13,17-18,21,23,29H,2-5,7,9-11,14,16H2,1H3/t21-,23+/m1/s1. The number of aromatic nitrogens is 2. The minimum atomic E-state index is -0.0968. The first kappa shape index (κ1) is 23.0. The van der Waals surface area contributed by atoms with Crippen molar-refractivity contribution in [3.05, 3.63) is 46.0 Å². The number of piperazine rings is 1. The van der Waals surface area contributed by atoms with E-state index in [2.05, 4.69) is 21.2 Å². The number of amides is 1. The lowest BCUT2D eigenvalue weighted by Gasteiger charge is -2.43. The predicted molar refractivity (Wildman–Crippen MR) is 135 cm³/mol. The molecule has 4 heterocycles. The summed E-state index contributed by atoms with van der Waals surface area (Å²) in [5.41, 5.74) is 2.85. The van der Waals surface area contributed by atoms with Crippen molar-refractivity contribution in [1.82, 2.24) is 14.5 Å². The number of nitrogens with zero attached hydrogens (tertiary/aromatic N) is 5. The van der Waals surface area contributed by atoms with E-state index in [0.717, 1.165) is 50.1 Å². The number of aryl methyl sites for hydroxylation is 1. The molecule has 2 aromatic rings. The Hall–Kier alpha value is -3.38. The Morgan fingerprint density at radius 1 is 1.22 bits per heavy atom. The number of nitriles is 1. The third-order valence-electron chi connectivity index (χ3n) is 7.90. The number of pyridine rings is 2. The summed E-state index contributed by atoms with van der Waals surface area (Å²) in [7, 11) is 1.72. The van der Waals surface area contributed by atoms with Gasteiger partial charge in [-0.25, -0.2) is 4.98 Å². The molecule has 4 aliphatic rings. The zero-order valence-electron chi connectivity index (χ0n) is 20.7. The van der Waals surface area contributed by atoms with Crippen LogP contribution in [0.15, 0.2) is 29.2 Å². The number of carbonyl (C=O) groups is 1. The molecule has 0 aromatic carbocycles. The van der Waals surface area contributed by atoms with Gasteiger partial charge >= 0.3 is 0 Å². The van der Waals surface area contributed by atoms with E-state index < -0.39 is 0 Å². The number of rotatable bonds is 7. The summed E-state index contributed by atoms with van der Waals surface area (Å²) >= 11 is 0. The van der Waals surface area contributed by atoms with Gasteiger partial charge in [-0.2, -0.15) is 5.26 Å². The van der Waals surface area contributed by atoms with E-state index in [9.17, 15) is 14.9 Å². The van der Waals surface area contributed by atoms with Gasteiger partial charge in [0, 0.05) is 57.2 Å². The van der Waals surface area contributed by atoms with Crippen LogP contribution in [0.25, 0.3) is 0 Å². The van der Waals surface area contributed by atoms with Crippen LogP contribution in [0.5, 0.6) is 0 Å². The van der Waals surface area contributed by atoms with E-state index in [1.165, 1.54) is 4.57 Å². The zero-order chi connectivity index (χ0) is 24.8. The molecular formula is C27H32N6O3. The van der Waals surface area contributed by atoms with Gasteiger partial charge in [-0.3, -0.25) is 9.59 Å². The first-order valence-corrected chi connectivity index (χ1v) is 13.0. The van der Waals surface area contributed by atoms with Gasteiger partial charge in [-0.15, -0.1) is 0 Å². The van der Waals surface area contributed by atoms with Gasteiger partial charge in [0.05, 0.1) is 35.5 Å². The van der Waals surface area contributed by atoms with E-state index in [0.29, 0.717) is 55.0 Å². The zero-order valence-corrected chi connectivity index (χ0v) is 20.7. The topological polar surface area (TPSA) is 103 Å². The molecule has 4 fully saturated rings. The molecule has 1 N–H and O–H groups in total. The fourth-order valence-corrected chi connectivity index (χ4v) is 5.34. The first-order chi connectivity index (χ1) is 17.5. The quantitative estimate of drug-likeness (QED) is 0.639. The lowest BCUT2D eigenvalue weighted by Crippen LogP contribution is -2.57. The van der Waals surface area contributed by atoms with E-state index in [-0.39, 0.29) is 23.6 Å². The minimum absolute atomic E-state index is 0.0770. The van der Waals surface area contributed by atoms with Crippen LogP contribution < -0.4 is 15.8 Å². The highest BCUT2D eigenvalue weighted by Crippen LogP contribution is 2.45. The van der Waals surface area contributed by atoms with Crippen molar-refractivity contribution in [3.8, 4) is 6.07 Å². The Bertz CT molecular complexity index is 1270. The molecule has 2 aliphatic heterocycles. The third-order valence-corrected chi connectivity index (χ3v) is 7.90. The number of ether oxygens (including phenoxy) is 1. The smallest absolute Gasteiger partial charge is 0.252 e. The van der Waals surface area contributed by atoms with Crippen molar-refractivity contribution in [1.29, 1.82) is 5.26 Å². The largest absolute Gasteiger partial charge is 0.377 e. The number of nitrogens with one attached hydrogen (secondary N) is 1. The van der Waals surface area contributed by atoms with Gasteiger partial charge in [-0.05, 0) is 50.2 Å². The van der Waals surface area contributed by atoms with Crippen LogP contribution in [0.4, 0.5) is 17.2 Å². The summed E-state index contributed by atoms with van der Waals surface area (Å²) in [6, 6.07) is 7.80. The summed E-state index contributed by atoms with van der Waals surface area (Å²) in [6.45, 7) is 2.77. The van der Waals surface area contributed by atoms with Crippen LogP contribution in [-0.2, 0) is 16.6 Å². The number of hydrogen-bond acceptors (Lipinski definition) is 7. The van der Waals surface area contributed by atoms with Crippen LogP contribution in [0.3, 0.4) is 0 Å². The van der Waals surface area contributed by atoms with Gasteiger partial charge in [0.1, 0.15) is 11.9 Å². The lowest BCUT2D eigenvalue weighted by molar-refractivity contribution is -0.142. The molecule has 9 heteroatoms. The average Bonchev–Trinajstić information content (AvgIpc) is 3.76. The molecule has 36 heavy (non-hydrogen) atoms. The highest BCUT2D eigenvalue weighted by molar-refractivity contribution is 5.78. The Morgan fingerprint density at radius 3 is 2.67 bits per heavy atom. The first-order valence-electron chi connectivity index (χ1n) is 13.0. The van der Waals surface area contributed by atoms with Crippen molar-refractivity contribution in [3.63, 3.8) is 0 Å². The molecule has 6 rings (SSSR count). The van der Waals surface area contributed by atoms with Crippen LogP contribution in [0.1, 0.15) is 55.7 Å². The molecule has 188 valence electrons. The van der Waals surface area contributed by atoms with E-state index in [1.54, 1.807) is 19.3 Å². The second-order valence-electron chi connectivity index (χ2n) is 10.6. The molecule has 0 spiro atoms. The molecule has 0 radical (unpaired) electrons. The van der Waals surface area contributed by atoms with Crippen molar-refractivity contribution >= 4 is 23.1 Å². The third kappa shape index (κ3) is 4.58. The van der Waals surface area contributed by atoms with Crippen molar-refractivity contribution in [2.45, 2.75) is 56.6 Å². The van der Waals surface area contributed by atoms with Gasteiger partial charge < -0.3 is 24.4 Å². The molecule has 2 aromatic heterocycles. The molecule has 0 unspecified atom stereocenters. The second-order valence-corrected chi connectivity index (χ2v) is 10.6. The summed E-state index contributed by atoms with van der Waals surface area (Å²) in [4.78, 5) is 34.5. The lowest BCUT2D eigenvalue weighted by atomic mass is 10.0. The maximum atomic E-state index is 13.1. The van der Waals surface area contributed by atoms with E-state index in [1.807, 2.05) is 12.1 Å². The monoisotopic (exact) mass is 488 g/mol. The Balaban J connectivity index is 1.26. The van der Waals surface area contributed by atoms with Crippen LogP contribution in [0.2, 0.25) is 0 Å². The molecular weight excluding hydrogens is 456 g/mol. The van der Waals surface area contributed by atoms with Crippen molar-refractivity contribution < 1.29 is 9.53 Å². The Morgan fingerprint density at radius 2 is 2.03 bits per heavy atom. The van der Waals surface area contributed by atoms with Gasteiger partial charge in [0.25, 0.3) is 5.56 Å². The number of hydrogen-bond donors (Lipinski definition) is 1. The molecule has 2 saturated carbocycles. The van der Waals surface area contributed by atoms with Crippen LogP contribution in [-0.4, -0.2) is 58.7 Å². The van der Waals surface area contributed by atoms with Crippen molar-refractivity contribution in [2.75, 3.05) is 36.5 Å². The summed E-state index contributed by atoms with van der Waals surface area (Å²) in [5.74, 6) is 1.79. The molecule has 9 nitrogen and oxygen atoms in total. The van der Waals surface area contributed by atoms with Crippen LogP contribution >= 0.6 is 0 Å². The van der Waals surface area contributed by atoms with E-state index in [4.69, 9.17) is 9.72 Å². The Labute approximate surface area is 210 Å². The summed E-state index contributed by atoms with van der Waals surface area (Å²) in [6.07, 6.45) is 7.68. The highest BCUT2D eigenvalue weighted by atomic mass is 16.5. The molecule has 1 amide bonds. The minimum Gasteiger partial charge on any atom is -0.377 e. The average molecular weight is 489 g/mol. The SMILES string of the molecule is Cn1ccc(Nc2cc(C#N)c(N3CCN(C(=O)C[C@H]4CCO4)[C@H](C4CC4)C3)nc2C2CC2)cc1=O. The van der Waals surface area contributed by atoms with Crippen molar-refractivity contribution in [2.24, 2.45) is 13.0 Å². The van der Waals surface area contributed by atoms with Gasteiger partial charge in [0.2, 0.25) is 5.91 Å². The summed E-state index contributed by atoms with van der Waals surface area (Å²) < 4.78 is 7.03. The predicted octanol–water partition coefficient (Wildman–Crippen LogP) is 2.88. The molecule has 2 atom stereocenters. The maximum Gasteiger partial charge on any atom is 0.252 e. The normalized spacial score (nSPS) is 23.7. The molecule has 2 saturated heterocycles.